The van der Waals surface area contributed by atoms with Crippen molar-refractivity contribution in [3.63, 3.8) is 0 Å². The van der Waals surface area contributed by atoms with Gasteiger partial charge in [0.15, 0.2) is 5.60 Å². The minimum atomic E-state index is -4.48. The van der Waals surface area contributed by atoms with E-state index in [9.17, 15) is 22.8 Å². The average molecular weight is 465 g/mol. The summed E-state index contributed by atoms with van der Waals surface area (Å²) in [5, 5.41) is 9.74. The van der Waals surface area contributed by atoms with Gasteiger partial charge in [0.25, 0.3) is 11.5 Å². The minimum Gasteiger partial charge on any atom is -0.363 e. The van der Waals surface area contributed by atoms with Crippen LogP contribution in [0.2, 0.25) is 0 Å². The average Bonchev–Trinajstić information content (AvgIpc) is 3.32. The number of anilines is 2. The number of hydrogen-bond donors (Lipinski definition) is 2. The maximum atomic E-state index is 13.2. The highest BCUT2D eigenvalue weighted by atomic mass is 19.4. The molecule has 5 heterocycles. The molecular formula is C20H22F3N7O3. The normalized spacial score (nSPS) is 26.8. The number of carbonyl (C=O) groups is 1. The Morgan fingerprint density at radius 3 is 2.45 bits per heavy atom. The van der Waals surface area contributed by atoms with Gasteiger partial charge < -0.3 is 19.9 Å². The third-order valence-corrected chi connectivity index (χ3v) is 6.46. The number of fused-ring (bicyclic) bond motifs is 1. The molecule has 0 spiro atoms. The van der Waals surface area contributed by atoms with Gasteiger partial charge in [-0.2, -0.15) is 18.3 Å². The Labute approximate surface area is 186 Å². The standard InChI is InChI=1S/C20H22F3N7O3/c1-12-6-14(27-28-15(12)31)26-18-9-19(10-18,33-11-18)16(32)29-2-4-30(5-3-29)17-24-7-13(8-25-17)20(21,22)23/h6-8H,2-5,9-11H2,1H3,(H,26,27)(H,28,31). The summed E-state index contributed by atoms with van der Waals surface area (Å²) in [6.45, 7) is 3.68. The topological polar surface area (TPSA) is 116 Å². The first-order chi connectivity index (χ1) is 15.6. The van der Waals surface area contributed by atoms with Gasteiger partial charge in [0, 0.05) is 57.0 Å². The number of aromatic amines is 1. The number of nitrogens with one attached hydrogen (secondary N) is 2. The van der Waals surface area contributed by atoms with Gasteiger partial charge in [0.2, 0.25) is 5.95 Å². The van der Waals surface area contributed by atoms with E-state index in [1.54, 1.807) is 22.8 Å². The summed E-state index contributed by atoms with van der Waals surface area (Å²) in [6.07, 6.45) is -1.94. The first-order valence-electron chi connectivity index (χ1n) is 10.5. The van der Waals surface area contributed by atoms with Crippen molar-refractivity contribution in [3.8, 4) is 0 Å². The molecule has 6 rings (SSSR count). The van der Waals surface area contributed by atoms with Crippen molar-refractivity contribution in [1.82, 2.24) is 25.1 Å². The Morgan fingerprint density at radius 2 is 1.85 bits per heavy atom. The van der Waals surface area contributed by atoms with Crippen molar-refractivity contribution in [2.75, 3.05) is 43.0 Å². The molecule has 13 heteroatoms. The first-order valence-corrected chi connectivity index (χ1v) is 10.5. The zero-order chi connectivity index (χ0) is 23.4. The lowest BCUT2D eigenvalue weighted by Gasteiger charge is -2.47. The summed E-state index contributed by atoms with van der Waals surface area (Å²) in [7, 11) is 0. The molecule has 10 nitrogen and oxygen atoms in total. The molecule has 0 radical (unpaired) electrons. The molecule has 0 aromatic carbocycles. The van der Waals surface area contributed by atoms with E-state index in [1.165, 1.54) is 0 Å². The zero-order valence-corrected chi connectivity index (χ0v) is 17.8. The largest absolute Gasteiger partial charge is 0.419 e. The van der Waals surface area contributed by atoms with Gasteiger partial charge in [0.1, 0.15) is 5.82 Å². The van der Waals surface area contributed by atoms with Crippen molar-refractivity contribution >= 4 is 17.7 Å². The lowest BCUT2D eigenvalue weighted by molar-refractivity contribution is -0.155. The van der Waals surface area contributed by atoms with E-state index in [2.05, 4.69) is 25.5 Å². The number of amides is 1. The van der Waals surface area contributed by atoms with Crippen LogP contribution in [0, 0.1) is 6.92 Å². The molecule has 2 aromatic heterocycles. The van der Waals surface area contributed by atoms with E-state index in [0.29, 0.717) is 57.0 Å². The molecule has 2 bridgehead atoms. The van der Waals surface area contributed by atoms with Crippen LogP contribution < -0.4 is 15.8 Å². The third-order valence-electron chi connectivity index (χ3n) is 6.46. The summed E-state index contributed by atoms with van der Waals surface area (Å²) < 4.78 is 44.0. The minimum absolute atomic E-state index is 0.0870. The highest BCUT2D eigenvalue weighted by Crippen LogP contribution is 2.53. The van der Waals surface area contributed by atoms with Crippen molar-refractivity contribution in [1.29, 1.82) is 0 Å². The van der Waals surface area contributed by atoms with E-state index >= 15 is 0 Å². The van der Waals surface area contributed by atoms with Crippen LogP contribution in [0.5, 0.6) is 0 Å². The molecule has 4 fully saturated rings. The van der Waals surface area contributed by atoms with E-state index in [1.807, 2.05) is 0 Å². The summed E-state index contributed by atoms with van der Waals surface area (Å²) in [5.41, 5.74) is -1.88. The Hall–Kier alpha value is -3.22. The smallest absolute Gasteiger partial charge is 0.363 e. The number of hydrogen-bond acceptors (Lipinski definition) is 8. The fraction of sp³-hybridized carbons (Fsp3) is 0.550. The monoisotopic (exact) mass is 465 g/mol. The molecule has 176 valence electrons. The Bertz CT molecular complexity index is 1120. The van der Waals surface area contributed by atoms with Gasteiger partial charge in [-0.1, -0.05) is 0 Å². The number of alkyl halides is 3. The predicted molar refractivity (Wildman–Crippen MR) is 110 cm³/mol. The highest BCUT2D eigenvalue weighted by Gasteiger charge is 2.67. The number of halogens is 3. The quantitative estimate of drug-likeness (QED) is 0.686. The number of aromatic nitrogens is 4. The van der Waals surface area contributed by atoms with Crippen molar-refractivity contribution in [3.05, 3.63) is 39.9 Å². The van der Waals surface area contributed by atoms with Crippen LogP contribution in [0.3, 0.4) is 0 Å². The number of piperazine rings is 1. The van der Waals surface area contributed by atoms with Crippen LogP contribution in [-0.2, 0) is 15.7 Å². The second kappa shape index (κ2) is 7.40. The Kier molecular flexibility index (Phi) is 4.85. The van der Waals surface area contributed by atoms with E-state index in [4.69, 9.17) is 4.74 Å². The zero-order valence-electron chi connectivity index (χ0n) is 17.8. The van der Waals surface area contributed by atoms with Gasteiger partial charge in [-0.3, -0.25) is 9.59 Å². The molecule has 4 aliphatic rings. The summed E-state index contributed by atoms with van der Waals surface area (Å²) in [4.78, 5) is 35.8. The Balaban J connectivity index is 1.17. The van der Waals surface area contributed by atoms with Crippen molar-refractivity contribution in [2.45, 2.75) is 37.1 Å². The third kappa shape index (κ3) is 3.79. The maximum absolute atomic E-state index is 13.2. The molecule has 33 heavy (non-hydrogen) atoms. The molecule has 1 saturated carbocycles. The van der Waals surface area contributed by atoms with Gasteiger partial charge in [-0.05, 0) is 13.0 Å². The van der Waals surface area contributed by atoms with Crippen LogP contribution in [0.15, 0.2) is 23.3 Å². The molecule has 0 unspecified atom stereocenters. The molecular weight excluding hydrogens is 443 g/mol. The van der Waals surface area contributed by atoms with Crippen LogP contribution in [0.4, 0.5) is 24.9 Å². The van der Waals surface area contributed by atoms with Crippen LogP contribution >= 0.6 is 0 Å². The molecule has 2 N–H and O–H groups in total. The van der Waals surface area contributed by atoms with Gasteiger partial charge in [0.05, 0.1) is 17.7 Å². The number of rotatable bonds is 4. The SMILES string of the molecule is Cc1cc(NC23COC(C(=O)N4CCN(c5ncc(C(F)(F)F)cn5)CC4)(C2)C3)n[nH]c1=O. The molecule has 1 amide bonds. The predicted octanol–water partition coefficient (Wildman–Crippen LogP) is 0.949. The highest BCUT2D eigenvalue weighted by molar-refractivity contribution is 5.88. The lowest BCUT2D eigenvalue weighted by atomic mass is 9.67. The van der Waals surface area contributed by atoms with Crippen LogP contribution in [0.1, 0.15) is 24.0 Å². The maximum Gasteiger partial charge on any atom is 0.419 e. The van der Waals surface area contributed by atoms with Gasteiger partial charge in [-0.25, -0.2) is 15.1 Å². The lowest BCUT2D eigenvalue weighted by Crippen LogP contribution is -2.63. The van der Waals surface area contributed by atoms with Crippen LogP contribution in [0.25, 0.3) is 0 Å². The number of aryl methyl sites for hydroxylation is 1. The fourth-order valence-corrected chi connectivity index (χ4v) is 4.73. The second-order valence-electron chi connectivity index (χ2n) is 8.86. The van der Waals surface area contributed by atoms with E-state index in [-0.39, 0.29) is 17.4 Å². The molecule has 3 saturated heterocycles. The number of ether oxygens (including phenoxy) is 1. The molecule has 1 aliphatic carbocycles. The number of H-pyrrole nitrogens is 1. The number of carbonyl (C=O) groups excluding carboxylic acids is 1. The second-order valence-corrected chi connectivity index (χ2v) is 8.86. The molecule has 2 aromatic rings. The summed E-state index contributed by atoms with van der Waals surface area (Å²) in [5.74, 6) is 0.653. The Morgan fingerprint density at radius 1 is 1.18 bits per heavy atom. The van der Waals surface area contributed by atoms with Crippen molar-refractivity contribution in [2.24, 2.45) is 0 Å². The fourth-order valence-electron chi connectivity index (χ4n) is 4.73. The van der Waals surface area contributed by atoms with Crippen molar-refractivity contribution < 1.29 is 22.7 Å². The first kappa shape index (κ1) is 21.6. The van der Waals surface area contributed by atoms with E-state index in [0.717, 1.165) is 12.4 Å². The number of nitrogens with zero attached hydrogens (tertiary/aromatic N) is 5. The summed E-state index contributed by atoms with van der Waals surface area (Å²) in [6, 6.07) is 1.66. The molecule has 3 aliphatic heterocycles. The summed E-state index contributed by atoms with van der Waals surface area (Å²) >= 11 is 0. The van der Waals surface area contributed by atoms with Gasteiger partial charge in [-0.15, -0.1) is 0 Å². The van der Waals surface area contributed by atoms with Gasteiger partial charge >= 0.3 is 6.18 Å². The van der Waals surface area contributed by atoms with Crippen LogP contribution in [-0.4, -0.2) is 74.9 Å². The van der Waals surface area contributed by atoms with E-state index < -0.39 is 22.9 Å². The molecule has 0 atom stereocenters.